The van der Waals surface area contributed by atoms with Crippen LogP contribution in [0.5, 0.6) is 0 Å². The van der Waals surface area contributed by atoms with Crippen molar-refractivity contribution in [3.05, 3.63) is 12.7 Å². The van der Waals surface area contributed by atoms with Gasteiger partial charge in [0.2, 0.25) is 0 Å². The van der Waals surface area contributed by atoms with Crippen LogP contribution in [-0.2, 0) is 9.53 Å². The summed E-state index contributed by atoms with van der Waals surface area (Å²) in [5.74, 6) is 0.0711. The lowest BCUT2D eigenvalue weighted by Crippen LogP contribution is -2.16. The fraction of sp³-hybridized carbons (Fsp3) is 0.769. The van der Waals surface area contributed by atoms with Gasteiger partial charge in [0.25, 0.3) is 0 Å². The molecule has 0 spiro atoms. The van der Waals surface area contributed by atoms with Crippen LogP contribution >= 0.6 is 0 Å². The molecule has 0 aliphatic rings. The molecule has 0 rings (SSSR count). The molecular weight excluding hydrogens is 188 g/mol. The van der Waals surface area contributed by atoms with Crippen molar-refractivity contribution in [2.24, 2.45) is 5.92 Å². The van der Waals surface area contributed by atoms with E-state index in [2.05, 4.69) is 13.5 Å². The zero-order valence-corrected chi connectivity index (χ0v) is 10.1. The van der Waals surface area contributed by atoms with E-state index in [1.54, 1.807) is 0 Å². The Bertz CT molecular complexity index is 175. The first-order valence-electron chi connectivity index (χ1n) is 5.95. The Hall–Kier alpha value is -0.790. The molecule has 0 amide bonds. The first-order chi connectivity index (χ1) is 7.26. The Morgan fingerprint density at radius 2 is 2.00 bits per heavy atom. The minimum absolute atomic E-state index is 0.0398. The van der Waals surface area contributed by atoms with Crippen LogP contribution in [0.1, 0.15) is 51.9 Å². The smallest absolute Gasteiger partial charge is 0.308 e. The van der Waals surface area contributed by atoms with Crippen molar-refractivity contribution >= 4 is 5.97 Å². The second-order valence-corrected chi connectivity index (χ2v) is 3.94. The average molecular weight is 212 g/mol. The molecule has 0 N–H and O–H groups in total. The predicted molar refractivity (Wildman–Crippen MR) is 63.7 cm³/mol. The number of allylic oxidation sites excluding steroid dienone is 1. The first-order valence-corrected chi connectivity index (χ1v) is 5.95. The van der Waals surface area contributed by atoms with E-state index in [9.17, 15) is 4.79 Å². The van der Waals surface area contributed by atoms with Gasteiger partial charge in [0.1, 0.15) is 0 Å². The van der Waals surface area contributed by atoms with Gasteiger partial charge in [-0.25, -0.2) is 0 Å². The zero-order chi connectivity index (χ0) is 11.5. The summed E-state index contributed by atoms with van der Waals surface area (Å²) >= 11 is 0. The second-order valence-electron chi connectivity index (χ2n) is 3.94. The highest BCUT2D eigenvalue weighted by Crippen LogP contribution is 2.18. The third-order valence-corrected chi connectivity index (χ3v) is 2.65. The number of hydrogen-bond donors (Lipinski definition) is 0. The van der Waals surface area contributed by atoms with Gasteiger partial charge in [-0.05, 0) is 25.7 Å². The summed E-state index contributed by atoms with van der Waals surface area (Å²) in [5, 5.41) is 0. The number of esters is 1. The van der Waals surface area contributed by atoms with Gasteiger partial charge in [-0.2, -0.15) is 0 Å². The number of carbonyl (C=O) groups is 1. The molecule has 0 aromatic rings. The number of unbranched alkanes of at least 4 members (excludes halogenated alkanes) is 3. The highest BCUT2D eigenvalue weighted by atomic mass is 16.5. The quantitative estimate of drug-likeness (QED) is 0.331. The standard InChI is InChI=1S/C13H24O2/c1-4-6-8-9-11-12(10-7-5-2)13(14)15-3/h4,12H,1,5-11H2,2-3H3. The number of rotatable bonds is 9. The molecule has 0 aliphatic carbocycles. The molecule has 1 unspecified atom stereocenters. The van der Waals surface area contributed by atoms with Crippen LogP contribution in [0.3, 0.4) is 0 Å². The van der Waals surface area contributed by atoms with Gasteiger partial charge in [0.05, 0.1) is 13.0 Å². The van der Waals surface area contributed by atoms with E-state index in [-0.39, 0.29) is 11.9 Å². The summed E-state index contributed by atoms with van der Waals surface area (Å²) in [6.45, 7) is 5.83. The number of carbonyl (C=O) groups excluding carboxylic acids is 1. The predicted octanol–water partition coefficient (Wildman–Crippen LogP) is 3.71. The zero-order valence-electron chi connectivity index (χ0n) is 10.1. The van der Waals surface area contributed by atoms with E-state index in [0.717, 1.165) is 44.9 Å². The molecule has 0 aliphatic heterocycles. The van der Waals surface area contributed by atoms with Crippen LogP contribution in [0.2, 0.25) is 0 Å². The molecule has 2 heteroatoms. The van der Waals surface area contributed by atoms with E-state index < -0.39 is 0 Å². The third kappa shape index (κ3) is 7.18. The summed E-state index contributed by atoms with van der Waals surface area (Å²) in [6.07, 6.45) is 9.37. The van der Waals surface area contributed by atoms with Crippen molar-refractivity contribution in [2.45, 2.75) is 51.9 Å². The maximum absolute atomic E-state index is 11.4. The Kier molecular flexibility index (Phi) is 9.24. The lowest BCUT2D eigenvalue weighted by molar-refractivity contribution is -0.146. The van der Waals surface area contributed by atoms with Gasteiger partial charge >= 0.3 is 5.97 Å². The van der Waals surface area contributed by atoms with Crippen LogP contribution in [0, 0.1) is 5.92 Å². The van der Waals surface area contributed by atoms with Crippen molar-refractivity contribution in [3.63, 3.8) is 0 Å². The number of methoxy groups -OCH3 is 1. The molecule has 0 bridgehead atoms. The Balaban J connectivity index is 3.79. The Morgan fingerprint density at radius 3 is 2.53 bits per heavy atom. The summed E-state index contributed by atoms with van der Waals surface area (Å²) < 4.78 is 4.81. The van der Waals surface area contributed by atoms with E-state index in [4.69, 9.17) is 4.74 Å². The van der Waals surface area contributed by atoms with Crippen molar-refractivity contribution in [3.8, 4) is 0 Å². The summed E-state index contributed by atoms with van der Waals surface area (Å²) in [6, 6.07) is 0. The normalized spacial score (nSPS) is 12.1. The SMILES string of the molecule is C=CCCCCC(CCCC)C(=O)OC. The summed E-state index contributed by atoms with van der Waals surface area (Å²) in [7, 11) is 1.48. The van der Waals surface area contributed by atoms with E-state index in [1.807, 2.05) is 6.08 Å². The monoisotopic (exact) mass is 212 g/mol. The van der Waals surface area contributed by atoms with Gasteiger partial charge in [-0.3, -0.25) is 4.79 Å². The van der Waals surface area contributed by atoms with Crippen LogP contribution in [-0.4, -0.2) is 13.1 Å². The van der Waals surface area contributed by atoms with Gasteiger partial charge in [-0.1, -0.05) is 32.3 Å². The van der Waals surface area contributed by atoms with Crippen molar-refractivity contribution in [2.75, 3.05) is 7.11 Å². The molecule has 1 atom stereocenters. The molecule has 0 aromatic heterocycles. The van der Waals surface area contributed by atoms with Crippen molar-refractivity contribution in [1.82, 2.24) is 0 Å². The highest BCUT2D eigenvalue weighted by molar-refractivity contribution is 5.72. The molecule has 0 fully saturated rings. The molecule has 0 saturated carbocycles. The number of ether oxygens (including phenoxy) is 1. The summed E-state index contributed by atoms with van der Waals surface area (Å²) in [4.78, 5) is 11.4. The van der Waals surface area contributed by atoms with E-state index in [0.29, 0.717) is 0 Å². The van der Waals surface area contributed by atoms with Crippen LogP contribution in [0.15, 0.2) is 12.7 Å². The highest BCUT2D eigenvalue weighted by Gasteiger charge is 2.17. The Morgan fingerprint density at radius 1 is 1.33 bits per heavy atom. The van der Waals surface area contributed by atoms with E-state index in [1.165, 1.54) is 7.11 Å². The molecule has 0 aromatic carbocycles. The fourth-order valence-corrected chi connectivity index (χ4v) is 1.68. The topological polar surface area (TPSA) is 26.3 Å². The van der Waals surface area contributed by atoms with Crippen molar-refractivity contribution < 1.29 is 9.53 Å². The van der Waals surface area contributed by atoms with Crippen molar-refractivity contribution in [1.29, 1.82) is 0 Å². The number of hydrogen-bond acceptors (Lipinski definition) is 2. The van der Waals surface area contributed by atoms with Gasteiger partial charge in [0.15, 0.2) is 0 Å². The second kappa shape index (κ2) is 9.75. The largest absolute Gasteiger partial charge is 0.469 e. The van der Waals surface area contributed by atoms with Gasteiger partial charge < -0.3 is 4.74 Å². The molecule has 88 valence electrons. The van der Waals surface area contributed by atoms with E-state index >= 15 is 0 Å². The molecule has 0 radical (unpaired) electrons. The van der Waals surface area contributed by atoms with Gasteiger partial charge in [-0.15, -0.1) is 6.58 Å². The minimum atomic E-state index is -0.0398. The summed E-state index contributed by atoms with van der Waals surface area (Å²) in [5.41, 5.74) is 0. The molecular formula is C13H24O2. The first kappa shape index (κ1) is 14.2. The van der Waals surface area contributed by atoms with Crippen LogP contribution in [0.4, 0.5) is 0 Å². The lowest BCUT2D eigenvalue weighted by Gasteiger charge is -2.13. The molecule has 0 saturated heterocycles. The van der Waals surface area contributed by atoms with Crippen LogP contribution in [0.25, 0.3) is 0 Å². The maximum Gasteiger partial charge on any atom is 0.308 e. The molecule has 0 heterocycles. The molecule has 2 nitrogen and oxygen atoms in total. The molecule has 15 heavy (non-hydrogen) atoms. The van der Waals surface area contributed by atoms with Gasteiger partial charge in [0, 0.05) is 0 Å². The third-order valence-electron chi connectivity index (χ3n) is 2.65. The maximum atomic E-state index is 11.4. The minimum Gasteiger partial charge on any atom is -0.469 e. The Labute approximate surface area is 93.7 Å². The average Bonchev–Trinajstić information content (AvgIpc) is 2.27. The lowest BCUT2D eigenvalue weighted by atomic mass is 9.95. The fourth-order valence-electron chi connectivity index (χ4n) is 1.68. The van der Waals surface area contributed by atoms with Crippen LogP contribution < -0.4 is 0 Å².